The van der Waals surface area contributed by atoms with Crippen molar-refractivity contribution in [2.75, 3.05) is 0 Å². The van der Waals surface area contributed by atoms with Crippen LogP contribution < -0.4 is 0 Å². The van der Waals surface area contributed by atoms with Gasteiger partial charge in [-0.2, -0.15) is 0 Å². The first-order valence-corrected chi connectivity index (χ1v) is 6.07. The summed E-state index contributed by atoms with van der Waals surface area (Å²) in [5, 5.41) is 0. The molecule has 0 heterocycles. The normalized spacial score (nSPS) is 14.4. The number of rotatable bonds is 7. The lowest BCUT2D eigenvalue weighted by Gasteiger charge is -2.22. The Kier molecular flexibility index (Phi) is 7.26. The maximum Gasteiger partial charge on any atom is 0.0581 e. The quantitative estimate of drug-likeness (QED) is 0.596. The van der Waals surface area contributed by atoms with Crippen molar-refractivity contribution < 1.29 is 4.74 Å². The SMILES string of the molecule is CC(C)CCC(CC(C)C)OC(C)C. The Morgan fingerprint density at radius 3 is 1.71 bits per heavy atom. The van der Waals surface area contributed by atoms with Crippen LogP contribution >= 0.6 is 0 Å². The molecule has 0 aromatic rings. The van der Waals surface area contributed by atoms with Crippen molar-refractivity contribution in [3.05, 3.63) is 0 Å². The van der Waals surface area contributed by atoms with E-state index in [0.717, 1.165) is 11.8 Å². The van der Waals surface area contributed by atoms with Crippen LogP contribution in [-0.2, 0) is 4.74 Å². The first-order chi connectivity index (χ1) is 6.41. The fourth-order valence-corrected chi connectivity index (χ4v) is 1.67. The Hall–Kier alpha value is -0.0400. The smallest absolute Gasteiger partial charge is 0.0581 e. The van der Waals surface area contributed by atoms with Gasteiger partial charge in [0.05, 0.1) is 12.2 Å². The highest BCUT2D eigenvalue weighted by molar-refractivity contribution is 4.63. The van der Waals surface area contributed by atoms with Crippen LogP contribution in [0.25, 0.3) is 0 Å². The highest BCUT2D eigenvalue weighted by atomic mass is 16.5. The molecule has 0 aliphatic heterocycles. The third-order valence-electron chi connectivity index (χ3n) is 2.26. The van der Waals surface area contributed by atoms with E-state index in [2.05, 4.69) is 41.5 Å². The minimum Gasteiger partial charge on any atom is -0.376 e. The first-order valence-electron chi connectivity index (χ1n) is 6.07. The summed E-state index contributed by atoms with van der Waals surface area (Å²) in [4.78, 5) is 0. The van der Waals surface area contributed by atoms with Crippen LogP contribution in [0.5, 0.6) is 0 Å². The van der Waals surface area contributed by atoms with Crippen molar-refractivity contribution in [3.8, 4) is 0 Å². The molecule has 1 unspecified atom stereocenters. The van der Waals surface area contributed by atoms with Gasteiger partial charge in [-0.15, -0.1) is 0 Å². The molecule has 0 aromatic carbocycles. The molecule has 0 saturated carbocycles. The van der Waals surface area contributed by atoms with Gasteiger partial charge < -0.3 is 4.74 Å². The third kappa shape index (κ3) is 8.55. The van der Waals surface area contributed by atoms with Crippen LogP contribution in [0.2, 0.25) is 0 Å². The molecule has 0 saturated heterocycles. The van der Waals surface area contributed by atoms with Crippen LogP contribution in [0.3, 0.4) is 0 Å². The fraction of sp³-hybridized carbons (Fsp3) is 1.00. The number of hydrogen-bond acceptors (Lipinski definition) is 1. The molecule has 1 atom stereocenters. The van der Waals surface area contributed by atoms with Gasteiger partial charge in [-0.05, 0) is 44.9 Å². The second-order valence-corrected chi connectivity index (χ2v) is 5.41. The lowest BCUT2D eigenvalue weighted by Crippen LogP contribution is -2.20. The lowest BCUT2D eigenvalue weighted by molar-refractivity contribution is -0.0103. The van der Waals surface area contributed by atoms with Crippen LogP contribution in [0.15, 0.2) is 0 Å². The molecule has 0 amide bonds. The Morgan fingerprint density at radius 2 is 1.36 bits per heavy atom. The van der Waals surface area contributed by atoms with Gasteiger partial charge in [-0.1, -0.05) is 27.7 Å². The number of ether oxygens (including phenoxy) is 1. The molecule has 0 fully saturated rings. The minimum absolute atomic E-state index is 0.367. The van der Waals surface area contributed by atoms with Crippen molar-refractivity contribution in [2.45, 2.75) is 73.0 Å². The average molecular weight is 200 g/mol. The Balaban J connectivity index is 3.84. The van der Waals surface area contributed by atoms with Gasteiger partial charge >= 0.3 is 0 Å². The molecule has 0 aromatic heterocycles. The summed E-state index contributed by atoms with van der Waals surface area (Å²) >= 11 is 0. The van der Waals surface area contributed by atoms with E-state index < -0.39 is 0 Å². The van der Waals surface area contributed by atoms with Gasteiger partial charge in [-0.3, -0.25) is 0 Å². The molecule has 14 heavy (non-hydrogen) atoms. The molecular weight excluding hydrogens is 172 g/mol. The van der Waals surface area contributed by atoms with Gasteiger partial charge in [-0.25, -0.2) is 0 Å². The van der Waals surface area contributed by atoms with Gasteiger partial charge in [0, 0.05) is 0 Å². The Bertz CT molecular complexity index is 117. The van der Waals surface area contributed by atoms with Crippen LogP contribution in [0.4, 0.5) is 0 Å². The van der Waals surface area contributed by atoms with E-state index in [-0.39, 0.29) is 0 Å². The van der Waals surface area contributed by atoms with E-state index in [0.29, 0.717) is 12.2 Å². The molecule has 0 N–H and O–H groups in total. The summed E-state index contributed by atoms with van der Waals surface area (Å²) in [6, 6.07) is 0. The molecule has 86 valence electrons. The summed E-state index contributed by atoms with van der Waals surface area (Å²) in [6.45, 7) is 13.4. The minimum atomic E-state index is 0.367. The highest BCUT2D eigenvalue weighted by Crippen LogP contribution is 2.17. The zero-order chi connectivity index (χ0) is 11.1. The summed E-state index contributed by atoms with van der Waals surface area (Å²) < 4.78 is 5.91. The standard InChI is InChI=1S/C13H28O/c1-10(2)7-8-13(9-11(3)4)14-12(5)6/h10-13H,7-9H2,1-6H3. The first kappa shape index (κ1) is 14.0. The highest BCUT2D eigenvalue weighted by Gasteiger charge is 2.13. The lowest BCUT2D eigenvalue weighted by atomic mass is 9.98. The number of hydrogen-bond donors (Lipinski definition) is 0. The van der Waals surface area contributed by atoms with Crippen molar-refractivity contribution in [1.29, 1.82) is 0 Å². The zero-order valence-electron chi connectivity index (χ0n) is 10.8. The fourth-order valence-electron chi connectivity index (χ4n) is 1.67. The van der Waals surface area contributed by atoms with Crippen molar-refractivity contribution >= 4 is 0 Å². The molecule has 1 nitrogen and oxygen atoms in total. The van der Waals surface area contributed by atoms with E-state index in [1.54, 1.807) is 0 Å². The van der Waals surface area contributed by atoms with Crippen molar-refractivity contribution in [1.82, 2.24) is 0 Å². The Labute approximate surface area is 90.2 Å². The molecule has 0 rings (SSSR count). The van der Waals surface area contributed by atoms with E-state index in [1.807, 2.05) is 0 Å². The molecule has 0 aliphatic carbocycles. The summed E-state index contributed by atoms with van der Waals surface area (Å²) in [6.07, 6.45) is 4.53. The van der Waals surface area contributed by atoms with E-state index >= 15 is 0 Å². The second-order valence-electron chi connectivity index (χ2n) is 5.41. The Morgan fingerprint density at radius 1 is 0.786 bits per heavy atom. The van der Waals surface area contributed by atoms with Crippen LogP contribution in [-0.4, -0.2) is 12.2 Å². The van der Waals surface area contributed by atoms with Crippen LogP contribution in [0.1, 0.15) is 60.8 Å². The van der Waals surface area contributed by atoms with Gasteiger partial charge in [0.15, 0.2) is 0 Å². The molecule has 1 heteroatoms. The van der Waals surface area contributed by atoms with Gasteiger partial charge in [0.25, 0.3) is 0 Å². The molecule has 0 aliphatic rings. The van der Waals surface area contributed by atoms with Crippen LogP contribution in [0, 0.1) is 11.8 Å². The summed E-state index contributed by atoms with van der Waals surface area (Å²) in [5.41, 5.74) is 0. The third-order valence-corrected chi connectivity index (χ3v) is 2.26. The topological polar surface area (TPSA) is 9.23 Å². The van der Waals surface area contributed by atoms with Gasteiger partial charge in [0.2, 0.25) is 0 Å². The van der Waals surface area contributed by atoms with E-state index in [9.17, 15) is 0 Å². The second kappa shape index (κ2) is 7.28. The summed E-state index contributed by atoms with van der Waals surface area (Å²) in [7, 11) is 0. The molecule has 0 radical (unpaired) electrons. The maximum atomic E-state index is 5.91. The van der Waals surface area contributed by atoms with Crippen molar-refractivity contribution in [3.63, 3.8) is 0 Å². The zero-order valence-corrected chi connectivity index (χ0v) is 10.8. The molecular formula is C13H28O. The molecule has 0 spiro atoms. The monoisotopic (exact) mass is 200 g/mol. The van der Waals surface area contributed by atoms with E-state index in [1.165, 1.54) is 19.3 Å². The maximum absolute atomic E-state index is 5.91. The summed E-state index contributed by atoms with van der Waals surface area (Å²) in [5.74, 6) is 1.53. The average Bonchev–Trinajstić information content (AvgIpc) is 1.97. The van der Waals surface area contributed by atoms with E-state index in [4.69, 9.17) is 4.74 Å². The molecule has 0 bridgehead atoms. The van der Waals surface area contributed by atoms with Crippen molar-refractivity contribution in [2.24, 2.45) is 11.8 Å². The van der Waals surface area contributed by atoms with Gasteiger partial charge in [0.1, 0.15) is 0 Å². The largest absolute Gasteiger partial charge is 0.376 e. The predicted octanol–water partition coefficient (Wildman–Crippen LogP) is 4.26. The predicted molar refractivity (Wildman–Crippen MR) is 63.5 cm³/mol.